The summed E-state index contributed by atoms with van der Waals surface area (Å²) < 4.78 is 23.8. The summed E-state index contributed by atoms with van der Waals surface area (Å²) in [5.41, 5.74) is -0.674. The summed E-state index contributed by atoms with van der Waals surface area (Å²) in [6, 6.07) is 3.62. The molecule has 0 saturated heterocycles. The van der Waals surface area contributed by atoms with Crippen LogP contribution in [0.25, 0.3) is 0 Å². The number of carbonyl (C=O) groups excluding carboxylic acids is 1. The Kier molecular flexibility index (Phi) is 7.07. The van der Waals surface area contributed by atoms with Gasteiger partial charge in [0.15, 0.2) is 11.6 Å². The molecule has 22 heavy (non-hydrogen) atoms. The Morgan fingerprint density at radius 2 is 2.14 bits per heavy atom. The predicted octanol–water partition coefficient (Wildman–Crippen LogP) is 2.13. The maximum absolute atomic E-state index is 13.8. The van der Waals surface area contributed by atoms with Crippen LogP contribution in [0.4, 0.5) is 14.9 Å². The number of carbonyl (C=O) groups is 1. The number of aliphatic hydroxyl groups is 1. The standard InChI is InChI=1S/C15H23FN2O4/c1-4-15(2,20)10-17-14(19)18-11-5-6-13(12(16)9-11)22-8-7-21-3/h5-6,9,20H,4,7-8,10H2,1-3H3,(H2,17,18,19). The first-order chi connectivity index (χ1) is 10.4. The van der Waals surface area contributed by atoms with Crippen LogP contribution in [0.2, 0.25) is 0 Å². The molecule has 2 amide bonds. The molecule has 1 aromatic carbocycles. The third kappa shape index (κ3) is 6.28. The molecule has 1 atom stereocenters. The lowest BCUT2D eigenvalue weighted by molar-refractivity contribution is 0.0587. The molecule has 3 N–H and O–H groups in total. The van der Waals surface area contributed by atoms with Gasteiger partial charge in [0, 0.05) is 25.4 Å². The number of benzene rings is 1. The molecule has 0 spiro atoms. The van der Waals surface area contributed by atoms with E-state index >= 15 is 0 Å². The number of ether oxygens (including phenoxy) is 2. The zero-order valence-electron chi connectivity index (χ0n) is 13.1. The number of hydrogen-bond acceptors (Lipinski definition) is 4. The van der Waals surface area contributed by atoms with Crippen LogP contribution in [-0.4, -0.2) is 43.6 Å². The minimum Gasteiger partial charge on any atom is -0.488 e. The summed E-state index contributed by atoms with van der Waals surface area (Å²) in [6.45, 7) is 4.15. The van der Waals surface area contributed by atoms with E-state index in [9.17, 15) is 14.3 Å². The molecule has 0 radical (unpaired) electrons. The molecular weight excluding hydrogens is 291 g/mol. The lowest BCUT2D eigenvalue weighted by atomic mass is 10.0. The van der Waals surface area contributed by atoms with Gasteiger partial charge in [0.1, 0.15) is 6.61 Å². The Morgan fingerprint density at radius 1 is 1.41 bits per heavy atom. The summed E-state index contributed by atoms with van der Waals surface area (Å²) in [5.74, 6) is -0.480. The minimum atomic E-state index is -0.971. The number of hydrogen-bond donors (Lipinski definition) is 3. The molecule has 6 nitrogen and oxygen atoms in total. The molecule has 1 aromatic rings. The highest BCUT2D eigenvalue weighted by atomic mass is 19.1. The second kappa shape index (κ2) is 8.55. The van der Waals surface area contributed by atoms with Gasteiger partial charge in [0.05, 0.1) is 12.2 Å². The van der Waals surface area contributed by atoms with Crippen molar-refractivity contribution in [2.24, 2.45) is 0 Å². The van der Waals surface area contributed by atoms with E-state index in [0.29, 0.717) is 18.7 Å². The molecule has 1 rings (SSSR count). The van der Waals surface area contributed by atoms with Gasteiger partial charge in [0.2, 0.25) is 0 Å². The fraction of sp³-hybridized carbons (Fsp3) is 0.533. The Labute approximate surface area is 129 Å². The van der Waals surface area contributed by atoms with Crippen molar-refractivity contribution in [1.82, 2.24) is 5.32 Å². The molecular formula is C15H23FN2O4. The first kappa shape index (κ1) is 18.2. The average molecular weight is 314 g/mol. The number of amides is 2. The van der Waals surface area contributed by atoms with Crippen molar-refractivity contribution < 1.29 is 23.8 Å². The van der Waals surface area contributed by atoms with Crippen molar-refractivity contribution >= 4 is 11.7 Å². The van der Waals surface area contributed by atoms with Crippen LogP contribution in [-0.2, 0) is 4.74 Å². The first-order valence-corrected chi connectivity index (χ1v) is 7.06. The largest absolute Gasteiger partial charge is 0.488 e. The fourth-order valence-corrected chi connectivity index (χ4v) is 1.50. The van der Waals surface area contributed by atoms with E-state index in [4.69, 9.17) is 9.47 Å². The third-order valence-electron chi connectivity index (χ3n) is 3.13. The van der Waals surface area contributed by atoms with E-state index in [0.717, 1.165) is 0 Å². The van der Waals surface area contributed by atoms with Crippen LogP contribution in [0.1, 0.15) is 20.3 Å². The molecule has 0 heterocycles. The molecule has 0 aromatic heterocycles. The topological polar surface area (TPSA) is 79.8 Å². The number of anilines is 1. The molecule has 0 fully saturated rings. The van der Waals surface area contributed by atoms with E-state index in [1.54, 1.807) is 6.92 Å². The van der Waals surface area contributed by atoms with Crippen molar-refractivity contribution in [3.8, 4) is 5.75 Å². The zero-order chi connectivity index (χ0) is 16.6. The maximum atomic E-state index is 13.8. The minimum absolute atomic E-state index is 0.0944. The summed E-state index contributed by atoms with van der Waals surface area (Å²) in [6.07, 6.45) is 0.509. The van der Waals surface area contributed by atoms with Crippen molar-refractivity contribution in [3.63, 3.8) is 0 Å². The highest BCUT2D eigenvalue weighted by Crippen LogP contribution is 2.21. The SMILES string of the molecule is CCC(C)(O)CNC(=O)Nc1ccc(OCCOC)c(F)c1. The summed E-state index contributed by atoms with van der Waals surface area (Å²) in [5, 5.41) is 14.8. The summed E-state index contributed by atoms with van der Waals surface area (Å²) in [7, 11) is 1.53. The lowest BCUT2D eigenvalue weighted by Crippen LogP contribution is -2.41. The van der Waals surface area contributed by atoms with Crippen LogP contribution >= 0.6 is 0 Å². The molecule has 0 aliphatic carbocycles. The Bertz CT molecular complexity index is 494. The first-order valence-electron chi connectivity index (χ1n) is 7.06. The van der Waals surface area contributed by atoms with Gasteiger partial charge in [-0.2, -0.15) is 0 Å². The summed E-state index contributed by atoms with van der Waals surface area (Å²) in [4.78, 5) is 11.7. The van der Waals surface area contributed by atoms with Crippen LogP contribution < -0.4 is 15.4 Å². The normalized spacial score (nSPS) is 13.3. The highest BCUT2D eigenvalue weighted by molar-refractivity contribution is 5.89. The lowest BCUT2D eigenvalue weighted by Gasteiger charge is -2.21. The quantitative estimate of drug-likeness (QED) is 0.642. The molecule has 0 saturated carbocycles. The molecule has 0 aliphatic heterocycles. The van der Waals surface area contributed by atoms with Crippen LogP contribution in [0.5, 0.6) is 5.75 Å². The Balaban J connectivity index is 2.52. The number of rotatable bonds is 8. The second-order valence-corrected chi connectivity index (χ2v) is 5.14. The van der Waals surface area contributed by atoms with Gasteiger partial charge in [-0.15, -0.1) is 0 Å². The van der Waals surface area contributed by atoms with Gasteiger partial charge in [-0.25, -0.2) is 9.18 Å². The second-order valence-electron chi connectivity index (χ2n) is 5.14. The molecule has 124 valence electrons. The fourth-order valence-electron chi connectivity index (χ4n) is 1.50. The van der Waals surface area contributed by atoms with E-state index in [1.807, 2.05) is 6.92 Å². The van der Waals surface area contributed by atoms with E-state index in [1.165, 1.54) is 25.3 Å². The highest BCUT2D eigenvalue weighted by Gasteiger charge is 2.18. The van der Waals surface area contributed by atoms with Crippen molar-refractivity contribution in [2.75, 3.05) is 32.2 Å². The van der Waals surface area contributed by atoms with Gasteiger partial charge < -0.3 is 25.2 Å². The summed E-state index contributed by atoms with van der Waals surface area (Å²) >= 11 is 0. The van der Waals surface area contributed by atoms with Gasteiger partial charge in [-0.05, 0) is 25.5 Å². The van der Waals surface area contributed by atoms with E-state index in [-0.39, 0.29) is 18.9 Å². The van der Waals surface area contributed by atoms with Crippen molar-refractivity contribution in [1.29, 1.82) is 0 Å². The number of methoxy groups -OCH3 is 1. The monoisotopic (exact) mass is 314 g/mol. The van der Waals surface area contributed by atoms with Gasteiger partial charge in [-0.3, -0.25) is 0 Å². The number of urea groups is 1. The molecule has 1 unspecified atom stereocenters. The van der Waals surface area contributed by atoms with Crippen LogP contribution in [0.3, 0.4) is 0 Å². The number of nitrogens with one attached hydrogen (secondary N) is 2. The average Bonchev–Trinajstić information content (AvgIpc) is 2.48. The van der Waals surface area contributed by atoms with E-state index < -0.39 is 17.4 Å². The van der Waals surface area contributed by atoms with Gasteiger partial charge in [0.25, 0.3) is 0 Å². The van der Waals surface area contributed by atoms with Crippen molar-refractivity contribution in [2.45, 2.75) is 25.9 Å². The maximum Gasteiger partial charge on any atom is 0.319 e. The van der Waals surface area contributed by atoms with Crippen LogP contribution in [0.15, 0.2) is 18.2 Å². The van der Waals surface area contributed by atoms with Crippen LogP contribution in [0, 0.1) is 5.82 Å². The molecule has 7 heteroatoms. The molecule has 0 bridgehead atoms. The van der Waals surface area contributed by atoms with Gasteiger partial charge >= 0.3 is 6.03 Å². The zero-order valence-corrected chi connectivity index (χ0v) is 13.1. The van der Waals surface area contributed by atoms with Crippen molar-refractivity contribution in [3.05, 3.63) is 24.0 Å². The van der Waals surface area contributed by atoms with Gasteiger partial charge in [-0.1, -0.05) is 6.92 Å². The Hall–Kier alpha value is -1.86. The Morgan fingerprint density at radius 3 is 2.73 bits per heavy atom. The smallest absolute Gasteiger partial charge is 0.319 e. The predicted molar refractivity (Wildman–Crippen MR) is 81.7 cm³/mol. The third-order valence-corrected chi connectivity index (χ3v) is 3.13. The van der Waals surface area contributed by atoms with E-state index in [2.05, 4.69) is 10.6 Å². The molecule has 0 aliphatic rings. The number of halogens is 1.